The summed E-state index contributed by atoms with van der Waals surface area (Å²) in [6, 6.07) is 0. The second-order valence-electron chi connectivity index (χ2n) is 4.20. The van der Waals surface area contributed by atoms with Gasteiger partial charge in [0.1, 0.15) is 5.37 Å². The van der Waals surface area contributed by atoms with Crippen molar-refractivity contribution in [3.63, 3.8) is 0 Å². The zero-order chi connectivity index (χ0) is 12.2. The average Bonchev–Trinajstić information content (AvgIpc) is 2.21. The number of rotatable bonds is 4. The Labute approximate surface area is 101 Å². The van der Waals surface area contributed by atoms with Crippen LogP contribution in [-0.4, -0.2) is 30.1 Å². The molecule has 0 radical (unpaired) electrons. The van der Waals surface area contributed by atoms with Crippen LogP contribution in [0.3, 0.4) is 0 Å². The topological polar surface area (TPSA) is 38.8 Å². The fourth-order valence-electron chi connectivity index (χ4n) is 1.19. The van der Waals surface area contributed by atoms with Crippen LogP contribution in [0, 0.1) is 5.41 Å². The zero-order valence-electron chi connectivity index (χ0n) is 9.71. The number of thiol groups is 1. The van der Waals surface area contributed by atoms with E-state index in [1.54, 1.807) is 33.2 Å². The second-order valence-corrected chi connectivity index (χ2v) is 4.72. The second kappa shape index (κ2) is 5.41. The van der Waals surface area contributed by atoms with E-state index in [0.717, 1.165) is 0 Å². The van der Waals surface area contributed by atoms with E-state index in [9.17, 15) is 4.79 Å². The Kier molecular flexibility index (Phi) is 4.44. The molecule has 1 aliphatic heterocycles. The molecule has 1 atom stereocenters. The maximum Gasteiger partial charge on any atom is 0.340 e. The molecular formula is C11H17NO3S. The maximum absolute atomic E-state index is 11.8. The number of nitrogens with zero attached hydrogens (tertiary/aromatic N) is 1. The van der Waals surface area contributed by atoms with Crippen LogP contribution in [0.4, 0.5) is 0 Å². The molecule has 0 N–H and O–H groups in total. The molecule has 0 saturated carbocycles. The van der Waals surface area contributed by atoms with Crippen molar-refractivity contribution >= 4 is 18.6 Å². The molecular weight excluding hydrogens is 226 g/mol. The van der Waals surface area contributed by atoms with Crippen LogP contribution in [0.15, 0.2) is 24.4 Å². The van der Waals surface area contributed by atoms with Gasteiger partial charge in [0, 0.05) is 13.3 Å². The third-order valence-corrected chi connectivity index (χ3v) is 2.53. The van der Waals surface area contributed by atoms with E-state index in [4.69, 9.17) is 9.57 Å². The van der Waals surface area contributed by atoms with Crippen LogP contribution in [-0.2, 0) is 14.4 Å². The van der Waals surface area contributed by atoms with Gasteiger partial charge in [-0.3, -0.25) is 0 Å². The molecule has 1 aliphatic rings. The predicted octanol–water partition coefficient (Wildman–Crippen LogP) is 1.76. The van der Waals surface area contributed by atoms with E-state index in [1.807, 2.05) is 12.2 Å². The highest BCUT2D eigenvalue weighted by atomic mass is 32.1. The molecule has 1 heterocycles. The lowest BCUT2D eigenvalue weighted by molar-refractivity contribution is -0.192. The largest absolute Gasteiger partial charge is 0.384 e. The van der Waals surface area contributed by atoms with Crippen molar-refractivity contribution < 1.29 is 14.4 Å². The highest BCUT2D eigenvalue weighted by Crippen LogP contribution is 2.21. The number of hydrogen-bond donors (Lipinski definition) is 1. The molecule has 0 aromatic rings. The van der Waals surface area contributed by atoms with E-state index in [1.165, 1.54) is 5.06 Å². The Bertz CT molecular complexity index is 312. The monoisotopic (exact) mass is 243 g/mol. The van der Waals surface area contributed by atoms with Crippen LogP contribution in [0.2, 0.25) is 0 Å². The first-order valence-electron chi connectivity index (χ1n) is 5.00. The minimum atomic E-state index is -0.669. The number of hydroxylamine groups is 2. The minimum absolute atomic E-state index is 0.243. The van der Waals surface area contributed by atoms with Crippen LogP contribution in [0.1, 0.15) is 13.8 Å². The van der Waals surface area contributed by atoms with Crippen molar-refractivity contribution in [1.82, 2.24) is 5.06 Å². The van der Waals surface area contributed by atoms with Gasteiger partial charge in [0.2, 0.25) is 0 Å². The van der Waals surface area contributed by atoms with Gasteiger partial charge in [-0.25, -0.2) is 4.79 Å². The first kappa shape index (κ1) is 13.1. The number of carbonyl (C=O) groups is 1. The van der Waals surface area contributed by atoms with Crippen molar-refractivity contribution in [2.45, 2.75) is 19.2 Å². The van der Waals surface area contributed by atoms with Gasteiger partial charge >= 0.3 is 5.97 Å². The van der Waals surface area contributed by atoms with Crippen molar-refractivity contribution in [3.8, 4) is 0 Å². The number of carbonyl (C=O) groups excluding carboxylic acids is 1. The first-order valence-corrected chi connectivity index (χ1v) is 5.52. The Morgan fingerprint density at radius 2 is 2.19 bits per heavy atom. The summed E-state index contributed by atoms with van der Waals surface area (Å²) in [5, 5.41) is 1.16. The van der Waals surface area contributed by atoms with Crippen LogP contribution in [0.5, 0.6) is 0 Å². The van der Waals surface area contributed by atoms with E-state index < -0.39 is 5.41 Å². The summed E-state index contributed by atoms with van der Waals surface area (Å²) in [6.07, 6.45) is 7.11. The predicted molar refractivity (Wildman–Crippen MR) is 64.6 cm³/mol. The minimum Gasteiger partial charge on any atom is -0.384 e. The van der Waals surface area contributed by atoms with Gasteiger partial charge in [0.25, 0.3) is 0 Å². The molecule has 0 fully saturated rings. The molecule has 1 rings (SSSR count). The summed E-state index contributed by atoms with van der Waals surface area (Å²) in [4.78, 5) is 17.1. The molecule has 5 heteroatoms. The fourth-order valence-corrected chi connectivity index (χ4v) is 1.42. The van der Waals surface area contributed by atoms with Crippen molar-refractivity contribution in [3.05, 3.63) is 24.4 Å². The van der Waals surface area contributed by atoms with E-state index in [2.05, 4.69) is 12.6 Å². The summed E-state index contributed by atoms with van der Waals surface area (Å²) in [7, 11) is 1.56. The SMILES string of the molecule is COCC(C)(C)C(=O)ON1C=CC=CC1S. The van der Waals surface area contributed by atoms with Gasteiger partial charge in [0.15, 0.2) is 0 Å². The average molecular weight is 243 g/mol. The van der Waals surface area contributed by atoms with Gasteiger partial charge in [-0.2, -0.15) is 5.06 Å². The number of hydrogen-bond acceptors (Lipinski definition) is 5. The first-order chi connectivity index (χ1) is 7.47. The molecule has 90 valence electrons. The van der Waals surface area contributed by atoms with Gasteiger partial charge in [-0.05, 0) is 26.0 Å². The summed E-state index contributed by atoms with van der Waals surface area (Å²) in [5.41, 5.74) is -0.669. The molecule has 0 saturated heterocycles. The molecule has 4 nitrogen and oxygen atoms in total. The molecule has 0 bridgehead atoms. The molecule has 0 aliphatic carbocycles. The van der Waals surface area contributed by atoms with E-state index >= 15 is 0 Å². The Morgan fingerprint density at radius 1 is 1.50 bits per heavy atom. The van der Waals surface area contributed by atoms with E-state index in [0.29, 0.717) is 6.61 Å². The normalized spacial score (nSPS) is 20.0. The van der Waals surface area contributed by atoms with Crippen molar-refractivity contribution in [2.24, 2.45) is 5.41 Å². The number of methoxy groups -OCH3 is 1. The molecule has 16 heavy (non-hydrogen) atoms. The molecule has 0 aromatic heterocycles. The van der Waals surface area contributed by atoms with Crippen LogP contribution >= 0.6 is 12.6 Å². The Balaban J connectivity index is 2.57. The Hall–Kier alpha value is -0.940. The van der Waals surface area contributed by atoms with Gasteiger partial charge < -0.3 is 9.57 Å². The van der Waals surface area contributed by atoms with Gasteiger partial charge in [-0.15, -0.1) is 12.6 Å². The molecule has 0 aromatic carbocycles. The quantitative estimate of drug-likeness (QED) is 0.764. The lowest BCUT2D eigenvalue weighted by atomic mass is 9.95. The third kappa shape index (κ3) is 3.28. The lowest BCUT2D eigenvalue weighted by Crippen LogP contribution is -2.38. The van der Waals surface area contributed by atoms with Crippen LogP contribution < -0.4 is 0 Å². The fraction of sp³-hybridized carbons (Fsp3) is 0.545. The smallest absolute Gasteiger partial charge is 0.340 e. The van der Waals surface area contributed by atoms with Gasteiger partial charge in [0.05, 0.1) is 12.0 Å². The third-order valence-electron chi connectivity index (χ3n) is 2.13. The van der Waals surface area contributed by atoms with Crippen LogP contribution in [0.25, 0.3) is 0 Å². The van der Waals surface area contributed by atoms with Crippen molar-refractivity contribution in [2.75, 3.05) is 13.7 Å². The Morgan fingerprint density at radius 3 is 2.75 bits per heavy atom. The summed E-state index contributed by atoms with van der Waals surface area (Å²) >= 11 is 4.26. The molecule has 0 amide bonds. The molecule has 1 unspecified atom stereocenters. The van der Waals surface area contributed by atoms with E-state index in [-0.39, 0.29) is 11.3 Å². The summed E-state index contributed by atoms with van der Waals surface area (Å²) in [6.45, 7) is 3.86. The van der Waals surface area contributed by atoms with Gasteiger partial charge in [-0.1, -0.05) is 6.08 Å². The summed E-state index contributed by atoms with van der Waals surface area (Å²) in [5.74, 6) is -0.339. The number of allylic oxidation sites excluding steroid dienone is 2. The highest BCUT2D eigenvalue weighted by Gasteiger charge is 2.32. The molecule has 0 spiro atoms. The standard InChI is InChI=1S/C11H17NO3S/c1-11(2,8-14-3)10(13)15-12-7-5-4-6-9(12)16/h4-7,9,16H,8H2,1-3H3. The summed E-state index contributed by atoms with van der Waals surface area (Å²) < 4.78 is 4.97. The maximum atomic E-state index is 11.8. The zero-order valence-corrected chi connectivity index (χ0v) is 10.6. The van der Waals surface area contributed by atoms with Crippen molar-refractivity contribution in [1.29, 1.82) is 0 Å². The highest BCUT2D eigenvalue weighted by molar-refractivity contribution is 7.81. The number of ether oxygens (including phenoxy) is 1. The lowest BCUT2D eigenvalue weighted by Gasteiger charge is -2.29.